The van der Waals surface area contributed by atoms with Gasteiger partial charge in [0.2, 0.25) is 0 Å². The van der Waals surface area contributed by atoms with Crippen LogP contribution in [0.5, 0.6) is 0 Å². The Morgan fingerprint density at radius 3 is 1.60 bits per heavy atom. The number of aliphatic carboxylic acids is 2. The van der Waals surface area contributed by atoms with Crippen molar-refractivity contribution >= 4 is 32.4 Å². The van der Waals surface area contributed by atoms with Crippen LogP contribution in [0.1, 0.15) is 12.8 Å². The van der Waals surface area contributed by atoms with Crippen molar-refractivity contribution in [2.75, 3.05) is 0 Å². The Balaban J connectivity index is 0.000000262. The predicted molar refractivity (Wildman–Crippen MR) is 57.7 cm³/mol. The monoisotopic (exact) mass is 276 g/mol. The van der Waals surface area contributed by atoms with E-state index in [-0.39, 0.29) is 12.8 Å². The van der Waals surface area contributed by atoms with E-state index in [0.29, 0.717) is 0 Å². The molecule has 5 heteroatoms. The van der Waals surface area contributed by atoms with Gasteiger partial charge in [-0.15, -0.1) is 0 Å². The summed E-state index contributed by atoms with van der Waals surface area (Å²) in [5, 5.41) is 15.8. The molecule has 15 heavy (non-hydrogen) atoms. The van der Waals surface area contributed by atoms with E-state index in [4.69, 9.17) is 10.2 Å². The Morgan fingerprint density at radius 1 is 1.00 bits per heavy atom. The number of carbonyl (C=O) groups is 2. The Morgan fingerprint density at radius 2 is 1.40 bits per heavy atom. The molecule has 0 spiro atoms. The third-order valence-electron chi connectivity index (χ3n) is 1.31. The molecule has 0 saturated carbocycles. The maximum absolute atomic E-state index is 9.64. The second-order valence-corrected chi connectivity index (χ2v) is 3.71. The minimum absolute atomic E-state index is 0.296. The zero-order valence-electron chi connectivity index (χ0n) is 7.96. The molecule has 0 atom stereocenters. The normalized spacial score (nSPS) is 8.60. The Hall–Kier alpha value is -1.32. The summed E-state index contributed by atoms with van der Waals surface area (Å²) >= 11 is 2.49. The van der Waals surface area contributed by atoms with E-state index in [1.807, 2.05) is 18.2 Å². The molecule has 0 unspecified atom stereocenters. The zero-order chi connectivity index (χ0) is 11.7. The molecule has 0 aromatic heterocycles. The Kier molecular flexibility index (Phi) is 7.32. The molecule has 1 rings (SSSR count). The molecule has 0 aliphatic carbocycles. The van der Waals surface area contributed by atoms with Crippen molar-refractivity contribution in [1.29, 1.82) is 0 Å². The summed E-state index contributed by atoms with van der Waals surface area (Å²) in [5.74, 6) is -2.15. The average Bonchev–Trinajstić information content (AvgIpc) is 2.17. The first-order valence-electron chi connectivity index (χ1n) is 4.20. The average molecular weight is 275 g/mol. The van der Waals surface area contributed by atoms with Gasteiger partial charge in [-0.1, -0.05) is 0 Å². The van der Waals surface area contributed by atoms with Gasteiger partial charge in [-0.05, 0) is 0 Å². The van der Waals surface area contributed by atoms with Crippen molar-refractivity contribution in [3.8, 4) is 0 Å². The fourth-order valence-electron chi connectivity index (χ4n) is 0.642. The van der Waals surface area contributed by atoms with Crippen LogP contribution in [0.3, 0.4) is 0 Å². The number of carboxylic acids is 2. The second-order valence-electron chi connectivity index (χ2n) is 2.62. The van der Waals surface area contributed by atoms with Gasteiger partial charge in [0.05, 0.1) is 12.8 Å². The van der Waals surface area contributed by atoms with Crippen molar-refractivity contribution in [2.45, 2.75) is 12.8 Å². The van der Waals surface area contributed by atoms with E-state index in [0.717, 1.165) is 0 Å². The zero-order valence-corrected chi connectivity index (χ0v) is 9.84. The predicted octanol–water partition coefficient (Wildman–Crippen LogP) is 0.148. The molecule has 0 heterocycles. The minimum atomic E-state index is -1.08. The summed E-state index contributed by atoms with van der Waals surface area (Å²) in [6.07, 6.45) is -0.593. The first-order valence-corrected chi connectivity index (χ1v) is 5.14. The van der Waals surface area contributed by atoms with Gasteiger partial charge in [-0.25, -0.2) is 0 Å². The first kappa shape index (κ1) is 13.7. The van der Waals surface area contributed by atoms with Crippen molar-refractivity contribution < 1.29 is 19.8 Å². The summed E-state index contributed by atoms with van der Waals surface area (Å²) in [5.41, 5.74) is 0. The van der Waals surface area contributed by atoms with Crippen LogP contribution in [-0.2, 0) is 9.59 Å². The van der Waals surface area contributed by atoms with Crippen molar-refractivity contribution in [3.05, 3.63) is 30.3 Å². The van der Waals surface area contributed by atoms with Crippen LogP contribution >= 0.6 is 0 Å². The van der Waals surface area contributed by atoms with E-state index in [9.17, 15) is 9.59 Å². The molecule has 1 aromatic carbocycles. The summed E-state index contributed by atoms with van der Waals surface area (Å²) < 4.78 is 1.26. The molecule has 0 saturated heterocycles. The number of benzene rings is 1. The summed E-state index contributed by atoms with van der Waals surface area (Å²) in [6.45, 7) is 0. The summed E-state index contributed by atoms with van der Waals surface area (Å²) in [7, 11) is 0. The SMILES string of the molecule is O=C(O)CCC(=O)O.[SeH]c1ccccc1. The van der Waals surface area contributed by atoms with Crippen LogP contribution in [0.2, 0.25) is 0 Å². The van der Waals surface area contributed by atoms with E-state index < -0.39 is 11.9 Å². The van der Waals surface area contributed by atoms with Crippen LogP contribution in [0, 0.1) is 0 Å². The van der Waals surface area contributed by atoms with Gasteiger partial charge >= 0.3 is 62.7 Å². The van der Waals surface area contributed by atoms with Gasteiger partial charge < -0.3 is 10.2 Å². The standard InChI is InChI=1S/C6H6Se.C4H6O4/c7-6-4-2-1-3-5-6;5-3(6)1-2-4(7)8/h1-5,7H;1-2H2,(H,5,6)(H,7,8). The van der Waals surface area contributed by atoms with Crippen LogP contribution in [0.4, 0.5) is 0 Å². The van der Waals surface area contributed by atoms with E-state index >= 15 is 0 Å². The Labute approximate surface area is 95.7 Å². The molecule has 0 radical (unpaired) electrons. The van der Waals surface area contributed by atoms with Crippen LogP contribution < -0.4 is 4.46 Å². The topological polar surface area (TPSA) is 74.6 Å². The molecular formula is C10H12O4Se. The fourth-order valence-corrected chi connectivity index (χ4v) is 1.00. The molecule has 0 aliphatic rings. The van der Waals surface area contributed by atoms with Crippen LogP contribution in [0.15, 0.2) is 30.3 Å². The quantitative estimate of drug-likeness (QED) is 0.770. The van der Waals surface area contributed by atoms with E-state index in [1.54, 1.807) is 0 Å². The van der Waals surface area contributed by atoms with Gasteiger partial charge in [0, 0.05) is 0 Å². The molecular weight excluding hydrogens is 263 g/mol. The molecule has 4 nitrogen and oxygen atoms in total. The number of rotatable bonds is 3. The number of hydrogen-bond donors (Lipinski definition) is 2. The van der Waals surface area contributed by atoms with E-state index in [2.05, 4.69) is 28.1 Å². The Bertz CT molecular complexity index is 296. The van der Waals surface area contributed by atoms with Gasteiger partial charge in [-0.2, -0.15) is 0 Å². The van der Waals surface area contributed by atoms with Crippen molar-refractivity contribution in [3.63, 3.8) is 0 Å². The van der Waals surface area contributed by atoms with Gasteiger partial charge in [0.1, 0.15) is 0 Å². The van der Waals surface area contributed by atoms with Crippen molar-refractivity contribution in [2.24, 2.45) is 0 Å². The van der Waals surface area contributed by atoms with Crippen LogP contribution in [0.25, 0.3) is 0 Å². The summed E-state index contributed by atoms with van der Waals surface area (Å²) in [4.78, 5) is 19.3. The van der Waals surface area contributed by atoms with E-state index in [1.165, 1.54) is 4.46 Å². The molecule has 82 valence electrons. The van der Waals surface area contributed by atoms with Gasteiger partial charge in [0.25, 0.3) is 0 Å². The van der Waals surface area contributed by atoms with Crippen molar-refractivity contribution in [1.82, 2.24) is 0 Å². The second kappa shape index (κ2) is 8.03. The first-order chi connectivity index (χ1) is 7.02. The number of carboxylic acid groups (broad SMARTS) is 2. The fraction of sp³-hybridized carbons (Fsp3) is 0.200. The molecule has 0 amide bonds. The molecule has 0 fully saturated rings. The molecule has 0 bridgehead atoms. The molecule has 1 aromatic rings. The molecule has 2 N–H and O–H groups in total. The molecule has 0 aliphatic heterocycles. The third-order valence-corrected chi connectivity index (χ3v) is 1.93. The van der Waals surface area contributed by atoms with Gasteiger partial charge in [-0.3, -0.25) is 9.59 Å². The summed E-state index contributed by atoms with van der Waals surface area (Å²) in [6, 6.07) is 10.2. The van der Waals surface area contributed by atoms with Gasteiger partial charge in [0.15, 0.2) is 0 Å². The third kappa shape index (κ3) is 10.6. The van der Waals surface area contributed by atoms with Crippen LogP contribution in [-0.4, -0.2) is 38.2 Å². The number of hydrogen-bond acceptors (Lipinski definition) is 2. The maximum atomic E-state index is 9.64.